The zero-order valence-electron chi connectivity index (χ0n) is 12.4. The Bertz CT molecular complexity index is 442. The Morgan fingerprint density at radius 2 is 2.10 bits per heavy atom. The summed E-state index contributed by atoms with van der Waals surface area (Å²) >= 11 is 0. The summed E-state index contributed by atoms with van der Waals surface area (Å²) in [5, 5.41) is 3.30. The molecule has 1 aromatic carbocycles. The molecule has 1 aromatic rings. The van der Waals surface area contributed by atoms with Gasteiger partial charge in [-0.25, -0.2) is 0 Å². The van der Waals surface area contributed by atoms with Crippen LogP contribution in [0.2, 0.25) is 0 Å². The minimum Gasteiger partial charge on any atom is -0.497 e. The zero-order chi connectivity index (χ0) is 14.4. The average molecular weight is 276 g/mol. The van der Waals surface area contributed by atoms with Gasteiger partial charge in [-0.15, -0.1) is 0 Å². The molecule has 1 saturated heterocycles. The zero-order valence-corrected chi connectivity index (χ0v) is 12.4. The highest BCUT2D eigenvalue weighted by Crippen LogP contribution is 2.18. The Labute approximate surface area is 121 Å². The fraction of sp³-hybridized carbons (Fsp3) is 0.562. The van der Waals surface area contributed by atoms with Gasteiger partial charge in [0.15, 0.2) is 0 Å². The van der Waals surface area contributed by atoms with Crippen molar-refractivity contribution in [1.82, 2.24) is 10.2 Å². The van der Waals surface area contributed by atoms with Crippen LogP contribution in [0, 0.1) is 0 Å². The second-order valence-corrected chi connectivity index (χ2v) is 5.32. The quantitative estimate of drug-likeness (QED) is 0.897. The molecule has 0 unspecified atom stereocenters. The largest absolute Gasteiger partial charge is 0.497 e. The molecule has 4 nitrogen and oxygen atoms in total. The molecule has 1 atom stereocenters. The Morgan fingerprint density at radius 3 is 2.80 bits per heavy atom. The van der Waals surface area contributed by atoms with Gasteiger partial charge in [0.25, 0.3) is 0 Å². The molecule has 0 spiro atoms. The van der Waals surface area contributed by atoms with Crippen LogP contribution in [0.3, 0.4) is 0 Å². The molecule has 2 rings (SSSR count). The van der Waals surface area contributed by atoms with E-state index < -0.39 is 0 Å². The van der Waals surface area contributed by atoms with Crippen LogP contribution >= 0.6 is 0 Å². The number of benzene rings is 1. The van der Waals surface area contributed by atoms with Gasteiger partial charge in [-0.2, -0.15) is 0 Å². The molecule has 1 aliphatic heterocycles. The van der Waals surface area contributed by atoms with Crippen molar-refractivity contribution in [1.29, 1.82) is 0 Å². The first kappa shape index (κ1) is 14.9. The summed E-state index contributed by atoms with van der Waals surface area (Å²) in [6.07, 6.45) is 3.52. The fourth-order valence-corrected chi connectivity index (χ4v) is 2.52. The van der Waals surface area contributed by atoms with Gasteiger partial charge < -0.3 is 15.0 Å². The predicted octanol–water partition coefficient (Wildman–Crippen LogP) is 2.36. The third kappa shape index (κ3) is 3.97. The second kappa shape index (κ2) is 7.29. The molecular weight excluding hydrogens is 252 g/mol. The van der Waals surface area contributed by atoms with Gasteiger partial charge in [0.1, 0.15) is 5.75 Å². The number of amides is 1. The minimum absolute atomic E-state index is 0.138. The first-order valence-electron chi connectivity index (χ1n) is 7.36. The summed E-state index contributed by atoms with van der Waals surface area (Å²) in [5.41, 5.74) is 1.13. The van der Waals surface area contributed by atoms with Crippen molar-refractivity contribution >= 4 is 5.91 Å². The lowest BCUT2D eigenvalue weighted by Crippen LogP contribution is -2.41. The predicted molar refractivity (Wildman–Crippen MR) is 79.8 cm³/mol. The number of nitrogens with one attached hydrogen (secondary N) is 1. The van der Waals surface area contributed by atoms with Gasteiger partial charge in [-0.1, -0.05) is 12.1 Å². The Balaban J connectivity index is 1.84. The maximum Gasteiger partial charge on any atom is 0.236 e. The van der Waals surface area contributed by atoms with Crippen molar-refractivity contribution in [2.75, 3.05) is 26.7 Å². The van der Waals surface area contributed by atoms with Gasteiger partial charge in [0.2, 0.25) is 5.91 Å². The van der Waals surface area contributed by atoms with E-state index >= 15 is 0 Å². The number of likely N-dealkylation sites (tertiary alicyclic amines) is 1. The molecule has 0 aromatic heterocycles. The van der Waals surface area contributed by atoms with E-state index in [9.17, 15) is 4.79 Å². The van der Waals surface area contributed by atoms with E-state index in [-0.39, 0.29) is 11.9 Å². The van der Waals surface area contributed by atoms with Gasteiger partial charge in [0, 0.05) is 19.1 Å². The lowest BCUT2D eigenvalue weighted by atomic mass is 10.1. The Morgan fingerprint density at radius 1 is 1.35 bits per heavy atom. The number of carbonyl (C=O) groups excluding carboxylic acids is 1. The fourth-order valence-electron chi connectivity index (χ4n) is 2.52. The lowest BCUT2D eigenvalue weighted by molar-refractivity contribution is -0.131. The maximum absolute atomic E-state index is 12.1. The van der Waals surface area contributed by atoms with Crippen molar-refractivity contribution in [2.45, 2.75) is 32.2 Å². The highest BCUT2D eigenvalue weighted by molar-refractivity contribution is 5.78. The number of carbonyl (C=O) groups is 1. The van der Waals surface area contributed by atoms with Crippen LogP contribution in [-0.2, 0) is 4.79 Å². The molecule has 0 radical (unpaired) electrons. The maximum atomic E-state index is 12.1. The normalized spacial score (nSPS) is 16.8. The van der Waals surface area contributed by atoms with Crippen molar-refractivity contribution < 1.29 is 9.53 Å². The standard InChI is InChI=1S/C16H24N2O2/c1-13(14-7-6-8-15(11-14)20-2)17-12-16(19)18-9-4-3-5-10-18/h6-8,11,13,17H,3-5,9-10,12H2,1-2H3/t13-/m1/s1. The summed E-state index contributed by atoms with van der Waals surface area (Å²) in [6.45, 7) is 4.29. The monoisotopic (exact) mass is 276 g/mol. The van der Waals surface area contributed by atoms with Crippen molar-refractivity contribution in [3.63, 3.8) is 0 Å². The molecule has 0 bridgehead atoms. The van der Waals surface area contributed by atoms with E-state index in [4.69, 9.17) is 4.74 Å². The van der Waals surface area contributed by atoms with Crippen LogP contribution in [0.15, 0.2) is 24.3 Å². The van der Waals surface area contributed by atoms with E-state index in [1.807, 2.05) is 29.2 Å². The number of methoxy groups -OCH3 is 1. The van der Waals surface area contributed by atoms with E-state index in [0.717, 1.165) is 37.2 Å². The molecule has 20 heavy (non-hydrogen) atoms. The highest BCUT2D eigenvalue weighted by atomic mass is 16.5. The number of hydrogen-bond acceptors (Lipinski definition) is 3. The smallest absolute Gasteiger partial charge is 0.236 e. The molecule has 1 heterocycles. The molecule has 0 aliphatic carbocycles. The summed E-state index contributed by atoms with van der Waals surface area (Å²) in [4.78, 5) is 14.1. The third-order valence-electron chi connectivity index (χ3n) is 3.86. The number of nitrogens with zero attached hydrogens (tertiary/aromatic N) is 1. The van der Waals surface area contributed by atoms with E-state index in [1.165, 1.54) is 6.42 Å². The molecular formula is C16H24N2O2. The van der Waals surface area contributed by atoms with Crippen LogP contribution in [-0.4, -0.2) is 37.6 Å². The Kier molecular flexibility index (Phi) is 5.41. The molecule has 110 valence electrons. The molecule has 1 aliphatic rings. The number of piperidine rings is 1. The highest BCUT2D eigenvalue weighted by Gasteiger charge is 2.17. The van der Waals surface area contributed by atoms with E-state index in [0.29, 0.717) is 6.54 Å². The first-order chi connectivity index (χ1) is 9.70. The summed E-state index contributed by atoms with van der Waals surface area (Å²) in [7, 11) is 1.66. The second-order valence-electron chi connectivity index (χ2n) is 5.32. The van der Waals surface area contributed by atoms with Crippen molar-refractivity contribution in [3.8, 4) is 5.75 Å². The summed E-state index contributed by atoms with van der Waals surface area (Å²) in [5.74, 6) is 1.05. The third-order valence-corrected chi connectivity index (χ3v) is 3.86. The summed E-state index contributed by atoms with van der Waals surface area (Å²) < 4.78 is 5.22. The molecule has 1 fully saturated rings. The van der Waals surface area contributed by atoms with Crippen molar-refractivity contribution in [2.24, 2.45) is 0 Å². The van der Waals surface area contributed by atoms with Crippen LogP contribution in [0.25, 0.3) is 0 Å². The molecule has 1 amide bonds. The Hall–Kier alpha value is -1.55. The van der Waals surface area contributed by atoms with Crippen molar-refractivity contribution in [3.05, 3.63) is 29.8 Å². The van der Waals surface area contributed by atoms with Gasteiger partial charge in [0.05, 0.1) is 13.7 Å². The minimum atomic E-state index is 0.138. The molecule has 0 saturated carbocycles. The average Bonchev–Trinajstić information content (AvgIpc) is 2.53. The molecule has 1 N–H and O–H groups in total. The van der Waals surface area contributed by atoms with Gasteiger partial charge >= 0.3 is 0 Å². The first-order valence-corrected chi connectivity index (χ1v) is 7.36. The number of hydrogen-bond donors (Lipinski definition) is 1. The molecule has 4 heteroatoms. The van der Waals surface area contributed by atoms with E-state index in [2.05, 4.69) is 12.2 Å². The van der Waals surface area contributed by atoms with Gasteiger partial charge in [-0.3, -0.25) is 4.79 Å². The van der Waals surface area contributed by atoms with Crippen LogP contribution in [0.5, 0.6) is 5.75 Å². The van der Waals surface area contributed by atoms with Crippen LogP contribution < -0.4 is 10.1 Å². The van der Waals surface area contributed by atoms with Crippen LogP contribution in [0.4, 0.5) is 0 Å². The SMILES string of the molecule is COc1cccc([C@@H](C)NCC(=O)N2CCCCC2)c1. The van der Waals surface area contributed by atoms with Crippen LogP contribution in [0.1, 0.15) is 37.8 Å². The number of rotatable bonds is 5. The lowest BCUT2D eigenvalue weighted by Gasteiger charge is -2.27. The number of ether oxygens (including phenoxy) is 1. The topological polar surface area (TPSA) is 41.6 Å². The summed E-state index contributed by atoms with van der Waals surface area (Å²) in [6, 6.07) is 8.08. The van der Waals surface area contributed by atoms with Gasteiger partial charge in [-0.05, 0) is 43.9 Å². The van der Waals surface area contributed by atoms with E-state index in [1.54, 1.807) is 7.11 Å².